The number of carbonyl (C=O) groups excluding carboxylic acids is 1. The summed E-state index contributed by atoms with van der Waals surface area (Å²) in [4.78, 5) is 29.2. The summed E-state index contributed by atoms with van der Waals surface area (Å²) in [6, 6.07) is 7.82. The van der Waals surface area contributed by atoms with Gasteiger partial charge in [-0.1, -0.05) is 30.5 Å². The van der Waals surface area contributed by atoms with Crippen molar-refractivity contribution >= 4 is 16.9 Å². The van der Waals surface area contributed by atoms with Gasteiger partial charge in [0.2, 0.25) is 5.91 Å². The number of nitrogens with one attached hydrogen (secondary N) is 1. The Morgan fingerprint density at radius 3 is 2.69 bits per heavy atom. The Labute approximate surface area is 150 Å². The van der Waals surface area contributed by atoms with Gasteiger partial charge in [0, 0.05) is 6.42 Å². The summed E-state index contributed by atoms with van der Waals surface area (Å²) in [5.74, 6) is 0.276. The summed E-state index contributed by atoms with van der Waals surface area (Å²) in [6.45, 7) is 2.01. The maximum absolute atomic E-state index is 12.7. The van der Waals surface area contributed by atoms with Crippen molar-refractivity contribution in [3.8, 4) is 5.69 Å². The first-order valence-electron chi connectivity index (χ1n) is 8.94. The van der Waals surface area contributed by atoms with Crippen molar-refractivity contribution in [2.45, 2.75) is 39.0 Å². The fourth-order valence-corrected chi connectivity index (χ4v) is 3.52. The lowest BCUT2D eigenvalue weighted by molar-refractivity contribution is -0.118. The number of benzene rings is 1. The zero-order chi connectivity index (χ0) is 18.1. The molecule has 1 N–H and O–H groups in total. The van der Waals surface area contributed by atoms with Gasteiger partial charge in [0.25, 0.3) is 5.56 Å². The van der Waals surface area contributed by atoms with Gasteiger partial charge in [0.1, 0.15) is 11.7 Å². The summed E-state index contributed by atoms with van der Waals surface area (Å²) in [7, 11) is 0. The van der Waals surface area contributed by atoms with E-state index in [1.54, 1.807) is 4.68 Å². The molecule has 26 heavy (non-hydrogen) atoms. The van der Waals surface area contributed by atoms with Crippen LogP contribution >= 0.6 is 0 Å². The summed E-state index contributed by atoms with van der Waals surface area (Å²) in [6.07, 6.45) is 7.83. The van der Waals surface area contributed by atoms with Gasteiger partial charge >= 0.3 is 0 Å². The molecule has 0 aliphatic heterocycles. The molecule has 1 saturated carbocycles. The van der Waals surface area contributed by atoms with Gasteiger partial charge in [-0.3, -0.25) is 15.0 Å². The van der Waals surface area contributed by atoms with Gasteiger partial charge in [-0.25, -0.2) is 14.3 Å². The summed E-state index contributed by atoms with van der Waals surface area (Å²) < 4.78 is 2.78. The maximum atomic E-state index is 12.7. The molecular weight excluding hydrogens is 330 g/mol. The number of aryl methyl sites for hydroxylation is 1. The van der Waals surface area contributed by atoms with E-state index in [2.05, 4.69) is 15.5 Å². The minimum absolute atomic E-state index is 0.147. The van der Waals surface area contributed by atoms with E-state index in [0.29, 0.717) is 23.4 Å². The second-order valence-corrected chi connectivity index (χ2v) is 6.94. The second-order valence-electron chi connectivity index (χ2n) is 6.94. The van der Waals surface area contributed by atoms with Crippen LogP contribution in [0.4, 0.5) is 0 Å². The molecule has 0 unspecified atom stereocenters. The Balaban J connectivity index is 1.60. The smallest absolute Gasteiger partial charge is 0.273 e. The lowest BCUT2D eigenvalue weighted by atomic mass is 10.0. The molecule has 1 aromatic carbocycles. The summed E-state index contributed by atoms with van der Waals surface area (Å²) in [5.41, 5.74) is 4.78. The second kappa shape index (κ2) is 6.74. The third-order valence-electron chi connectivity index (χ3n) is 4.96. The van der Waals surface area contributed by atoms with E-state index < -0.39 is 0 Å². The molecule has 1 aliphatic rings. The Morgan fingerprint density at radius 1 is 1.23 bits per heavy atom. The topological polar surface area (TPSA) is 81.8 Å². The van der Waals surface area contributed by atoms with Gasteiger partial charge in [0.05, 0.1) is 11.9 Å². The molecule has 0 spiro atoms. The number of carbonyl (C=O) groups is 1. The van der Waals surface area contributed by atoms with Crippen LogP contribution in [0.3, 0.4) is 0 Å². The van der Waals surface area contributed by atoms with Crippen LogP contribution in [0.5, 0.6) is 0 Å². The average molecular weight is 351 g/mol. The molecule has 3 aromatic rings. The highest BCUT2D eigenvalue weighted by atomic mass is 16.2. The minimum atomic E-state index is -0.326. The Bertz CT molecular complexity index is 997. The van der Waals surface area contributed by atoms with Crippen molar-refractivity contribution < 1.29 is 4.79 Å². The van der Waals surface area contributed by atoms with Crippen LogP contribution in [-0.4, -0.2) is 25.3 Å². The third-order valence-corrected chi connectivity index (χ3v) is 4.96. The first-order chi connectivity index (χ1) is 12.6. The lowest BCUT2D eigenvalue weighted by Crippen LogP contribution is -2.33. The van der Waals surface area contributed by atoms with E-state index in [1.807, 2.05) is 31.2 Å². The SMILES string of the molecule is Cc1ccc(-n2ncc3c(=O)n(NC(=O)CC4CCCC4)cnc32)cc1. The van der Waals surface area contributed by atoms with Crippen LogP contribution in [0, 0.1) is 12.8 Å². The molecule has 1 amide bonds. The van der Waals surface area contributed by atoms with E-state index in [4.69, 9.17) is 0 Å². The molecule has 2 aromatic heterocycles. The quantitative estimate of drug-likeness (QED) is 0.783. The van der Waals surface area contributed by atoms with E-state index >= 15 is 0 Å². The average Bonchev–Trinajstić information content (AvgIpc) is 3.28. The molecule has 0 atom stereocenters. The van der Waals surface area contributed by atoms with E-state index in [0.717, 1.165) is 28.8 Å². The maximum Gasteiger partial charge on any atom is 0.283 e. The van der Waals surface area contributed by atoms with Crippen molar-refractivity contribution in [1.29, 1.82) is 0 Å². The normalized spacial score (nSPS) is 14.8. The van der Waals surface area contributed by atoms with Crippen LogP contribution in [0.1, 0.15) is 37.7 Å². The minimum Gasteiger partial charge on any atom is -0.273 e. The largest absolute Gasteiger partial charge is 0.283 e. The van der Waals surface area contributed by atoms with Crippen LogP contribution < -0.4 is 11.0 Å². The van der Waals surface area contributed by atoms with Gasteiger partial charge in [-0.2, -0.15) is 5.10 Å². The highest BCUT2D eigenvalue weighted by Gasteiger charge is 2.19. The number of hydrogen-bond acceptors (Lipinski definition) is 4. The first kappa shape index (κ1) is 16.5. The molecule has 1 aliphatic carbocycles. The molecule has 134 valence electrons. The van der Waals surface area contributed by atoms with Crippen molar-refractivity contribution in [2.75, 3.05) is 5.43 Å². The molecule has 7 heteroatoms. The van der Waals surface area contributed by atoms with E-state index in [9.17, 15) is 9.59 Å². The van der Waals surface area contributed by atoms with Crippen molar-refractivity contribution in [2.24, 2.45) is 5.92 Å². The molecular formula is C19H21N5O2. The van der Waals surface area contributed by atoms with E-state index in [-0.39, 0.29) is 11.5 Å². The third kappa shape index (κ3) is 3.12. The Hall–Kier alpha value is -2.96. The number of nitrogens with zero attached hydrogens (tertiary/aromatic N) is 4. The standard InChI is InChI=1S/C19H21N5O2/c1-13-6-8-15(9-7-13)24-18-16(11-21-24)19(26)23(12-20-18)22-17(25)10-14-4-2-3-5-14/h6-9,11-12,14H,2-5,10H2,1H3,(H,22,25). The highest BCUT2D eigenvalue weighted by molar-refractivity contribution is 5.84. The predicted molar refractivity (Wildman–Crippen MR) is 98.8 cm³/mol. The highest BCUT2D eigenvalue weighted by Crippen LogP contribution is 2.27. The molecule has 7 nitrogen and oxygen atoms in total. The molecule has 2 heterocycles. The van der Waals surface area contributed by atoms with Gasteiger partial charge in [0.15, 0.2) is 5.65 Å². The molecule has 0 radical (unpaired) electrons. The number of rotatable bonds is 4. The number of hydrogen-bond donors (Lipinski definition) is 1. The number of fused-ring (bicyclic) bond motifs is 1. The number of aromatic nitrogens is 4. The fraction of sp³-hybridized carbons (Fsp3) is 0.368. The molecule has 1 fully saturated rings. The van der Waals surface area contributed by atoms with Crippen LogP contribution in [0.15, 0.2) is 41.6 Å². The molecule has 4 rings (SSSR count). The first-order valence-corrected chi connectivity index (χ1v) is 8.94. The van der Waals surface area contributed by atoms with Crippen molar-refractivity contribution in [3.05, 3.63) is 52.7 Å². The fourth-order valence-electron chi connectivity index (χ4n) is 3.52. The van der Waals surface area contributed by atoms with E-state index in [1.165, 1.54) is 25.4 Å². The zero-order valence-corrected chi connectivity index (χ0v) is 14.7. The van der Waals surface area contributed by atoms with Crippen LogP contribution in [0.25, 0.3) is 16.7 Å². The predicted octanol–water partition coefficient (Wildman–Crippen LogP) is 2.54. The van der Waals surface area contributed by atoms with Gasteiger partial charge < -0.3 is 0 Å². The summed E-state index contributed by atoms with van der Waals surface area (Å²) in [5, 5.41) is 4.66. The summed E-state index contributed by atoms with van der Waals surface area (Å²) >= 11 is 0. The van der Waals surface area contributed by atoms with Crippen LogP contribution in [-0.2, 0) is 4.79 Å². The van der Waals surface area contributed by atoms with Gasteiger partial charge in [-0.15, -0.1) is 0 Å². The molecule has 0 saturated heterocycles. The number of amides is 1. The van der Waals surface area contributed by atoms with Crippen molar-refractivity contribution in [3.63, 3.8) is 0 Å². The Kier molecular flexibility index (Phi) is 4.28. The monoisotopic (exact) mass is 351 g/mol. The molecule has 0 bridgehead atoms. The van der Waals surface area contributed by atoms with Crippen LogP contribution in [0.2, 0.25) is 0 Å². The zero-order valence-electron chi connectivity index (χ0n) is 14.7. The Morgan fingerprint density at radius 2 is 1.96 bits per heavy atom. The van der Waals surface area contributed by atoms with Gasteiger partial charge in [-0.05, 0) is 37.8 Å². The lowest BCUT2D eigenvalue weighted by Gasteiger charge is -2.11. The van der Waals surface area contributed by atoms with Crippen molar-refractivity contribution in [1.82, 2.24) is 19.4 Å².